The van der Waals surface area contributed by atoms with Gasteiger partial charge in [-0.1, -0.05) is 26.8 Å². The average molecular weight is 500 g/mol. The van der Waals surface area contributed by atoms with Gasteiger partial charge in [0.25, 0.3) is 0 Å². The van der Waals surface area contributed by atoms with Crippen molar-refractivity contribution in [3.8, 4) is 5.88 Å². The predicted molar refractivity (Wildman–Crippen MR) is 117 cm³/mol. The third-order valence-corrected chi connectivity index (χ3v) is 5.02. The molecule has 0 bridgehead atoms. The summed E-state index contributed by atoms with van der Waals surface area (Å²) < 4.78 is 11.7. The highest BCUT2D eigenvalue weighted by Gasteiger charge is 2.46. The van der Waals surface area contributed by atoms with Gasteiger partial charge < -0.3 is 24.8 Å². The first kappa shape index (κ1) is 24.9. The summed E-state index contributed by atoms with van der Waals surface area (Å²) >= 11 is 3.26. The number of nitrogens with zero attached hydrogens (tertiary/aromatic N) is 2. The molecule has 0 aliphatic carbocycles. The lowest BCUT2D eigenvalue weighted by Gasteiger charge is -2.35. The summed E-state index contributed by atoms with van der Waals surface area (Å²) in [7, 11) is 0. The fourth-order valence-corrected chi connectivity index (χ4v) is 3.55. The van der Waals surface area contributed by atoms with Crippen LogP contribution in [-0.4, -0.2) is 63.3 Å². The standard InChI is InChI=1S/C21H30BrN3O6/c1-20(2,3)16(24-19(29)31-21(4,5)6)17(26)25-11-12(10-13(25)18(27)28)30-15-9-7-8-14(22)23-15/h7-9,12-13,16H,10-11H2,1-6H3,(H,24,29)(H,27,28). The first-order chi connectivity index (χ1) is 14.2. The number of rotatable bonds is 5. The SMILES string of the molecule is CC(C)(C)OC(=O)NC(C(=O)N1CC(Oc2cccc(Br)n2)CC1C(=O)O)C(C)(C)C. The van der Waals surface area contributed by atoms with Crippen LogP contribution in [0, 0.1) is 5.41 Å². The van der Waals surface area contributed by atoms with Crippen molar-refractivity contribution >= 4 is 33.9 Å². The van der Waals surface area contributed by atoms with Gasteiger partial charge in [0.2, 0.25) is 11.8 Å². The van der Waals surface area contributed by atoms with Gasteiger partial charge >= 0.3 is 12.1 Å². The number of hydrogen-bond acceptors (Lipinski definition) is 6. The maximum absolute atomic E-state index is 13.4. The highest BCUT2D eigenvalue weighted by atomic mass is 79.9. The zero-order valence-electron chi connectivity index (χ0n) is 18.6. The van der Waals surface area contributed by atoms with Crippen molar-refractivity contribution < 1.29 is 29.0 Å². The molecule has 1 fully saturated rings. The summed E-state index contributed by atoms with van der Waals surface area (Å²) in [4.78, 5) is 43.0. The van der Waals surface area contributed by atoms with Crippen LogP contribution >= 0.6 is 15.9 Å². The van der Waals surface area contributed by atoms with E-state index in [4.69, 9.17) is 9.47 Å². The monoisotopic (exact) mass is 499 g/mol. The van der Waals surface area contributed by atoms with E-state index in [0.717, 1.165) is 0 Å². The molecule has 3 unspecified atom stereocenters. The van der Waals surface area contributed by atoms with E-state index in [2.05, 4.69) is 26.2 Å². The molecule has 2 rings (SSSR count). The van der Waals surface area contributed by atoms with Crippen molar-refractivity contribution in [2.45, 2.75) is 71.8 Å². The normalized spacial score (nSPS) is 20.2. The highest BCUT2D eigenvalue weighted by Crippen LogP contribution is 2.28. The summed E-state index contributed by atoms with van der Waals surface area (Å²) in [6.45, 7) is 10.6. The minimum absolute atomic E-state index is 0.0621. The van der Waals surface area contributed by atoms with Crippen molar-refractivity contribution in [3.63, 3.8) is 0 Å². The maximum Gasteiger partial charge on any atom is 0.408 e. The minimum Gasteiger partial charge on any atom is -0.480 e. The fraction of sp³-hybridized carbons (Fsp3) is 0.619. The highest BCUT2D eigenvalue weighted by molar-refractivity contribution is 9.10. The van der Waals surface area contributed by atoms with Crippen LogP contribution in [0.15, 0.2) is 22.8 Å². The van der Waals surface area contributed by atoms with Crippen molar-refractivity contribution in [2.24, 2.45) is 5.41 Å². The number of likely N-dealkylation sites (tertiary alicyclic amines) is 1. The van der Waals surface area contributed by atoms with Gasteiger partial charge in [-0.3, -0.25) is 4.79 Å². The zero-order valence-corrected chi connectivity index (χ0v) is 20.2. The lowest BCUT2D eigenvalue weighted by Crippen LogP contribution is -2.57. The molecule has 1 saturated heterocycles. The lowest BCUT2D eigenvalue weighted by atomic mass is 9.85. The molecule has 0 spiro atoms. The number of carbonyl (C=O) groups is 3. The number of alkyl carbamates (subject to hydrolysis) is 1. The molecular formula is C21H30BrN3O6. The van der Waals surface area contributed by atoms with Crippen LogP contribution in [0.25, 0.3) is 0 Å². The van der Waals surface area contributed by atoms with Crippen molar-refractivity contribution in [1.29, 1.82) is 0 Å². The fourth-order valence-electron chi connectivity index (χ4n) is 3.23. The Morgan fingerprint density at radius 3 is 2.39 bits per heavy atom. The minimum atomic E-state index is -1.13. The number of hydrogen-bond donors (Lipinski definition) is 2. The van der Waals surface area contributed by atoms with Crippen LogP contribution in [0.3, 0.4) is 0 Å². The largest absolute Gasteiger partial charge is 0.480 e. The first-order valence-electron chi connectivity index (χ1n) is 9.99. The second kappa shape index (κ2) is 9.42. The predicted octanol–water partition coefficient (Wildman–Crippen LogP) is 3.22. The van der Waals surface area contributed by atoms with Crippen LogP contribution < -0.4 is 10.1 Å². The number of aromatic nitrogens is 1. The van der Waals surface area contributed by atoms with E-state index in [0.29, 0.717) is 10.5 Å². The zero-order chi connectivity index (χ0) is 23.6. The topological polar surface area (TPSA) is 118 Å². The number of carbonyl (C=O) groups excluding carboxylic acids is 2. The van der Waals surface area contributed by atoms with Crippen LogP contribution in [0.5, 0.6) is 5.88 Å². The van der Waals surface area contributed by atoms with Gasteiger partial charge in [-0.25, -0.2) is 14.6 Å². The average Bonchev–Trinajstić information content (AvgIpc) is 3.01. The Morgan fingerprint density at radius 2 is 1.87 bits per heavy atom. The number of aliphatic carboxylic acids is 1. The molecule has 2 N–H and O–H groups in total. The molecule has 0 aromatic carbocycles. The molecule has 2 heterocycles. The van der Waals surface area contributed by atoms with E-state index >= 15 is 0 Å². The van der Waals surface area contributed by atoms with Crippen LogP contribution in [0.1, 0.15) is 48.0 Å². The Hall–Kier alpha value is -2.36. The summed E-state index contributed by atoms with van der Waals surface area (Å²) in [5.74, 6) is -1.30. The third kappa shape index (κ3) is 7.09. The Labute approximate surface area is 190 Å². The Bertz CT molecular complexity index is 833. The first-order valence-corrected chi connectivity index (χ1v) is 10.8. The molecule has 1 aromatic heterocycles. The number of amides is 2. The van der Waals surface area contributed by atoms with Crippen LogP contribution in [0.4, 0.5) is 4.79 Å². The van der Waals surface area contributed by atoms with Crippen LogP contribution in [-0.2, 0) is 14.3 Å². The number of carboxylic acid groups (broad SMARTS) is 1. The third-order valence-electron chi connectivity index (χ3n) is 4.58. The van der Waals surface area contributed by atoms with Gasteiger partial charge in [-0.2, -0.15) is 0 Å². The lowest BCUT2D eigenvalue weighted by molar-refractivity contribution is -0.150. The maximum atomic E-state index is 13.4. The van der Waals surface area contributed by atoms with Crippen molar-refractivity contribution in [3.05, 3.63) is 22.8 Å². The van der Waals surface area contributed by atoms with Gasteiger partial charge in [-0.05, 0) is 48.2 Å². The molecule has 1 aliphatic rings. The summed E-state index contributed by atoms with van der Waals surface area (Å²) in [6, 6.07) is 3.10. The number of carboxylic acids is 1. The molecular weight excluding hydrogens is 470 g/mol. The van der Waals surface area contributed by atoms with Crippen molar-refractivity contribution in [2.75, 3.05) is 6.54 Å². The Kier molecular flexibility index (Phi) is 7.57. The summed E-state index contributed by atoms with van der Waals surface area (Å²) in [5, 5.41) is 12.3. The summed E-state index contributed by atoms with van der Waals surface area (Å²) in [6.07, 6.45) is -1.18. The van der Waals surface area contributed by atoms with E-state index < -0.39 is 47.2 Å². The summed E-state index contributed by atoms with van der Waals surface area (Å²) in [5.41, 5.74) is -1.41. The Morgan fingerprint density at radius 1 is 1.23 bits per heavy atom. The van der Waals surface area contributed by atoms with Gasteiger partial charge in [0.1, 0.15) is 28.4 Å². The smallest absolute Gasteiger partial charge is 0.408 e. The molecule has 172 valence electrons. The number of ether oxygens (including phenoxy) is 2. The van der Waals surface area contributed by atoms with E-state index in [1.54, 1.807) is 59.7 Å². The second-order valence-corrected chi connectivity index (χ2v) is 10.4. The molecule has 0 saturated carbocycles. The molecule has 31 heavy (non-hydrogen) atoms. The number of halogens is 1. The molecule has 10 heteroatoms. The quantitative estimate of drug-likeness (QED) is 0.596. The molecule has 0 radical (unpaired) electrons. The van der Waals surface area contributed by atoms with E-state index in [-0.39, 0.29) is 13.0 Å². The second-order valence-electron chi connectivity index (χ2n) is 9.56. The molecule has 9 nitrogen and oxygen atoms in total. The number of pyridine rings is 1. The van der Waals surface area contributed by atoms with E-state index in [1.807, 2.05) is 0 Å². The van der Waals surface area contributed by atoms with Crippen molar-refractivity contribution in [1.82, 2.24) is 15.2 Å². The van der Waals surface area contributed by atoms with Crippen LogP contribution in [0.2, 0.25) is 0 Å². The van der Waals surface area contributed by atoms with Gasteiger partial charge in [0, 0.05) is 12.5 Å². The van der Waals surface area contributed by atoms with E-state index in [9.17, 15) is 19.5 Å². The van der Waals surface area contributed by atoms with E-state index in [1.165, 1.54) is 4.90 Å². The molecule has 3 atom stereocenters. The molecule has 1 aromatic rings. The molecule has 1 aliphatic heterocycles. The molecule has 2 amide bonds. The van der Waals surface area contributed by atoms with Gasteiger partial charge in [-0.15, -0.1) is 0 Å². The van der Waals surface area contributed by atoms with Gasteiger partial charge in [0.15, 0.2) is 0 Å². The Balaban J connectivity index is 2.21. The van der Waals surface area contributed by atoms with Gasteiger partial charge in [0.05, 0.1) is 6.54 Å². The number of nitrogens with one attached hydrogen (secondary N) is 1.